The summed E-state index contributed by atoms with van der Waals surface area (Å²) in [6.07, 6.45) is 4.86. The van der Waals surface area contributed by atoms with Gasteiger partial charge in [0.15, 0.2) is 0 Å². The van der Waals surface area contributed by atoms with Crippen LogP contribution in [0.2, 0.25) is 0 Å². The number of benzene rings is 4. The first-order valence-corrected chi connectivity index (χ1v) is 20.2. The SMILES string of the molecule is C[C@H](NC(=O)[C@@H](c1ccccc1)N(C)C)c1ncc(-c2ccc(-c3ccc(-c4cnc([C@@H]5COC6(CCOCC6)N5C(=O)[C@@H](c5ccccc5)N(C)C)[nH]4)cc3)cc2)[nH]1. The number of H-pyrrole nitrogens is 2. The summed E-state index contributed by atoms with van der Waals surface area (Å²) in [6, 6.07) is 34.8. The van der Waals surface area contributed by atoms with Crippen molar-refractivity contribution >= 4 is 11.8 Å². The molecule has 2 aromatic heterocycles. The summed E-state index contributed by atoms with van der Waals surface area (Å²) >= 11 is 0. The summed E-state index contributed by atoms with van der Waals surface area (Å²) in [4.78, 5) is 50.2. The maximum absolute atomic E-state index is 14.6. The summed E-state index contributed by atoms with van der Waals surface area (Å²) in [5.74, 6) is 1.29. The zero-order chi connectivity index (χ0) is 41.1. The number of aromatic amines is 2. The molecule has 12 nitrogen and oxygen atoms in total. The molecule has 3 N–H and O–H groups in total. The Kier molecular flexibility index (Phi) is 11.6. The predicted octanol–water partition coefficient (Wildman–Crippen LogP) is 7.32. The average Bonchev–Trinajstić information content (AvgIpc) is 4.02. The summed E-state index contributed by atoms with van der Waals surface area (Å²) in [5, 5.41) is 3.13. The van der Waals surface area contributed by atoms with Gasteiger partial charge in [-0.1, -0.05) is 109 Å². The Bertz CT molecular complexity index is 2330. The van der Waals surface area contributed by atoms with Gasteiger partial charge in [-0.25, -0.2) is 9.97 Å². The minimum Gasteiger partial charge on any atom is -0.381 e. The third-order valence-electron chi connectivity index (χ3n) is 11.5. The molecule has 304 valence electrons. The number of hydrogen-bond donors (Lipinski definition) is 3. The summed E-state index contributed by atoms with van der Waals surface area (Å²) in [6.45, 7) is 3.35. The Hall–Kier alpha value is -5.92. The minimum atomic E-state index is -0.748. The second-order valence-electron chi connectivity index (χ2n) is 15.9. The molecule has 4 aromatic carbocycles. The average molecular weight is 793 g/mol. The molecule has 2 amide bonds. The van der Waals surface area contributed by atoms with Crippen molar-refractivity contribution in [3.63, 3.8) is 0 Å². The molecule has 0 saturated carbocycles. The predicted molar refractivity (Wildman–Crippen MR) is 228 cm³/mol. The van der Waals surface area contributed by atoms with E-state index in [2.05, 4.69) is 68.8 Å². The van der Waals surface area contributed by atoms with Crippen LogP contribution in [0.25, 0.3) is 33.6 Å². The number of nitrogens with zero attached hydrogens (tertiary/aromatic N) is 5. The van der Waals surface area contributed by atoms with Crippen LogP contribution in [-0.2, 0) is 19.1 Å². The van der Waals surface area contributed by atoms with Crippen LogP contribution in [0.15, 0.2) is 122 Å². The van der Waals surface area contributed by atoms with Gasteiger partial charge in [-0.3, -0.25) is 24.3 Å². The number of imidazole rings is 2. The van der Waals surface area contributed by atoms with Gasteiger partial charge in [-0.2, -0.15) is 0 Å². The lowest BCUT2D eigenvalue weighted by Gasteiger charge is -2.43. The van der Waals surface area contributed by atoms with Gasteiger partial charge in [0.05, 0.1) is 49.6 Å². The monoisotopic (exact) mass is 792 g/mol. The third-order valence-corrected chi connectivity index (χ3v) is 11.5. The van der Waals surface area contributed by atoms with E-state index in [9.17, 15) is 9.59 Å². The smallest absolute Gasteiger partial charge is 0.247 e. The number of likely N-dealkylation sites (N-methyl/N-ethyl adjacent to an activating group) is 2. The first-order chi connectivity index (χ1) is 28.6. The molecule has 0 aliphatic carbocycles. The molecule has 6 aromatic rings. The number of carbonyl (C=O) groups excluding carboxylic acids is 2. The first-order valence-electron chi connectivity index (χ1n) is 20.2. The lowest BCUT2D eigenvalue weighted by atomic mass is 9.97. The standard InChI is InChI=1S/C47H52N8O4/c1-31(50-45(56)41(53(2)3)36-12-8-6-9-13-36)43-48-28-38(51-43)34-20-16-32(17-21-34)33-18-22-35(23-19-33)39-29-49-44(52-39)40-30-59-47(24-26-58-27-25-47)55(40)46(57)42(54(4)5)37-14-10-7-11-15-37/h6-23,28-29,31,40-42H,24-27,30H2,1-5H3,(H,48,51)(H,49,52)(H,50,56)/t31-,40-,41+,42+/m0/s1. The Balaban J connectivity index is 0.950. The minimum absolute atomic E-state index is 0.0113. The molecule has 2 fully saturated rings. The number of amides is 2. The fourth-order valence-electron chi connectivity index (χ4n) is 8.44. The molecule has 59 heavy (non-hydrogen) atoms. The lowest BCUT2D eigenvalue weighted by molar-refractivity contribution is -0.173. The van der Waals surface area contributed by atoms with Crippen molar-refractivity contribution in [2.45, 2.75) is 49.7 Å². The van der Waals surface area contributed by atoms with Crippen molar-refractivity contribution in [1.29, 1.82) is 0 Å². The van der Waals surface area contributed by atoms with Gasteiger partial charge in [-0.15, -0.1) is 0 Å². The summed E-state index contributed by atoms with van der Waals surface area (Å²) < 4.78 is 12.3. The first kappa shape index (κ1) is 39.9. The van der Waals surface area contributed by atoms with Gasteiger partial charge >= 0.3 is 0 Å². The molecule has 2 saturated heterocycles. The van der Waals surface area contributed by atoms with E-state index in [-0.39, 0.29) is 23.9 Å². The highest BCUT2D eigenvalue weighted by Gasteiger charge is 2.53. The topological polar surface area (TPSA) is 132 Å². The second kappa shape index (κ2) is 17.1. The van der Waals surface area contributed by atoms with Crippen LogP contribution in [-0.4, -0.2) is 100 Å². The van der Waals surface area contributed by atoms with E-state index in [0.29, 0.717) is 44.3 Å². The number of aromatic nitrogens is 4. The van der Waals surface area contributed by atoms with E-state index in [4.69, 9.17) is 14.5 Å². The molecule has 0 radical (unpaired) electrons. The molecule has 12 heteroatoms. The summed E-state index contributed by atoms with van der Waals surface area (Å²) in [5.41, 5.74) is 7.00. The van der Waals surface area contributed by atoms with Gasteiger partial charge in [0.2, 0.25) is 11.8 Å². The zero-order valence-corrected chi connectivity index (χ0v) is 34.3. The molecule has 0 bridgehead atoms. The van der Waals surface area contributed by atoms with Crippen molar-refractivity contribution in [1.82, 2.24) is 40.0 Å². The van der Waals surface area contributed by atoms with E-state index >= 15 is 0 Å². The molecule has 8 rings (SSSR count). The zero-order valence-electron chi connectivity index (χ0n) is 34.3. The van der Waals surface area contributed by atoms with Crippen molar-refractivity contribution in [3.8, 4) is 33.6 Å². The van der Waals surface area contributed by atoms with E-state index in [0.717, 1.165) is 44.8 Å². The highest BCUT2D eigenvalue weighted by molar-refractivity contribution is 5.85. The Morgan fingerprint density at radius 1 is 0.712 bits per heavy atom. The van der Waals surface area contributed by atoms with E-state index < -0.39 is 17.8 Å². The van der Waals surface area contributed by atoms with Gasteiger partial charge in [0.1, 0.15) is 35.5 Å². The number of nitrogens with one attached hydrogen (secondary N) is 3. The number of rotatable bonds is 12. The fraction of sp³-hybridized carbons (Fsp3) is 0.319. The fourth-order valence-corrected chi connectivity index (χ4v) is 8.44. The highest BCUT2D eigenvalue weighted by atomic mass is 16.5. The van der Waals surface area contributed by atoms with Crippen molar-refractivity contribution in [2.75, 3.05) is 48.0 Å². The molecular formula is C47H52N8O4. The molecule has 2 aliphatic rings. The van der Waals surface area contributed by atoms with E-state index in [1.807, 2.05) is 117 Å². The van der Waals surface area contributed by atoms with E-state index in [1.54, 1.807) is 6.20 Å². The van der Waals surface area contributed by atoms with Crippen LogP contribution in [0, 0.1) is 0 Å². The maximum Gasteiger partial charge on any atom is 0.247 e. The Morgan fingerprint density at radius 3 is 1.78 bits per heavy atom. The quantitative estimate of drug-likeness (QED) is 0.118. The normalized spacial score (nSPS) is 17.9. The largest absolute Gasteiger partial charge is 0.381 e. The van der Waals surface area contributed by atoms with Crippen molar-refractivity contribution in [3.05, 3.63) is 144 Å². The molecule has 4 atom stereocenters. The molecule has 1 spiro atoms. The van der Waals surface area contributed by atoms with Crippen LogP contribution in [0.3, 0.4) is 0 Å². The van der Waals surface area contributed by atoms with Gasteiger partial charge < -0.3 is 24.8 Å². The van der Waals surface area contributed by atoms with Gasteiger partial charge in [0, 0.05) is 12.8 Å². The lowest BCUT2D eigenvalue weighted by Crippen LogP contribution is -2.55. The molecule has 0 unspecified atom stereocenters. The molecule has 4 heterocycles. The number of carbonyl (C=O) groups is 2. The van der Waals surface area contributed by atoms with Gasteiger partial charge in [-0.05, 0) is 68.5 Å². The number of hydrogen-bond acceptors (Lipinski definition) is 8. The van der Waals surface area contributed by atoms with Crippen LogP contribution in [0.4, 0.5) is 0 Å². The van der Waals surface area contributed by atoms with Gasteiger partial charge in [0.25, 0.3) is 0 Å². The van der Waals surface area contributed by atoms with Crippen LogP contribution in [0.1, 0.15) is 66.7 Å². The summed E-state index contributed by atoms with van der Waals surface area (Å²) in [7, 11) is 7.69. The molecular weight excluding hydrogens is 741 g/mol. The Labute approximate surface area is 345 Å². The van der Waals surface area contributed by atoms with Crippen LogP contribution >= 0.6 is 0 Å². The van der Waals surface area contributed by atoms with E-state index in [1.165, 1.54) is 0 Å². The highest BCUT2D eigenvalue weighted by Crippen LogP contribution is 2.44. The van der Waals surface area contributed by atoms with Crippen molar-refractivity contribution in [2.24, 2.45) is 0 Å². The second-order valence-corrected chi connectivity index (χ2v) is 15.9. The van der Waals surface area contributed by atoms with Crippen molar-refractivity contribution < 1.29 is 19.1 Å². The Morgan fingerprint density at radius 2 is 1.22 bits per heavy atom. The van der Waals surface area contributed by atoms with Crippen LogP contribution < -0.4 is 5.32 Å². The number of ether oxygens (including phenoxy) is 2. The maximum atomic E-state index is 14.6. The van der Waals surface area contributed by atoms with Crippen LogP contribution in [0.5, 0.6) is 0 Å². The third kappa shape index (κ3) is 8.22. The molecule has 2 aliphatic heterocycles.